The Hall–Kier alpha value is -0.860. The van der Waals surface area contributed by atoms with E-state index in [9.17, 15) is 0 Å². The summed E-state index contributed by atoms with van der Waals surface area (Å²) in [7, 11) is 0. The first kappa shape index (κ1) is 9.69. The summed E-state index contributed by atoms with van der Waals surface area (Å²) in [5, 5.41) is 1.92. The molecule has 0 amide bonds. The standard InChI is InChI=1S/C11H10ClNS/c1-8-6-11(13-7-8)14-10-5-3-2-4-9(10)12/h2-7,13H,1H3. The molecule has 1 aromatic carbocycles. The number of aromatic nitrogens is 1. The van der Waals surface area contributed by atoms with Crippen molar-refractivity contribution in [1.82, 2.24) is 4.98 Å². The van der Waals surface area contributed by atoms with E-state index in [1.54, 1.807) is 11.8 Å². The fraction of sp³-hybridized carbons (Fsp3) is 0.0909. The first-order valence-electron chi connectivity index (χ1n) is 4.33. The van der Waals surface area contributed by atoms with Crippen LogP contribution in [0.2, 0.25) is 5.02 Å². The molecule has 0 bridgehead atoms. The van der Waals surface area contributed by atoms with Gasteiger partial charge in [0.25, 0.3) is 0 Å². The average Bonchev–Trinajstić information content (AvgIpc) is 2.56. The number of aryl methyl sites for hydroxylation is 1. The molecule has 0 fully saturated rings. The van der Waals surface area contributed by atoms with E-state index < -0.39 is 0 Å². The van der Waals surface area contributed by atoms with Crippen LogP contribution in [0.1, 0.15) is 5.56 Å². The summed E-state index contributed by atoms with van der Waals surface area (Å²) in [6.07, 6.45) is 1.99. The van der Waals surface area contributed by atoms with Crippen molar-refractivity contribution in [2.45, 2.75) is 16.8 Å². The number of aromatic amines is 1. The highest BCUT2D eigenvalue weighted by molar-refractivity contribution is 7.99. The molecule has 0 aliphatic heterocycles. The molecule has 1 N–H and O–H groups in total. The molecule has 0 radical (unpaired) electrons. The van der Waals surface area contributed by atoms with Gasteiger partial charge in [-0.25, -0.2) is 0 Å². The molecule has 0 unspecified atom stereocenters. The van der Waals surface area contributed by atoms with Crippen molar-refractivity contribution >= 4 is 23.4 Å². The Morgan fingerprint density at radius 3 is 2.71 bits per heavy atom. The molecule has 0 saturated carbocycles. The van der Waals surface area contributed by atoms with Crippen LogP contribution in [0.4, 0.5) is 0 Å². The van der Waals surface area contributed by atoms with Crippen molar-refractivity contribution in [2.24, 2.45) is 0 Å². The van der Waals surface area contributed by atoms with E-state index in [1.807, 2.05) is 30.5 Å². The highest BCUT2D eigenvalue weighted by Crippen LogP contribution is 2.32. The maximum atomic E-state index is 6.05. The van der Waals surface area contributed by atoms with Crippen molar-refractivity contribution in [3.63, 3.8) is 0 Å². The molecule has 0 saturated heterocycles. The van der Waals surface area contributed by atoms with E-state index in [0.717, 1.165) is 14.9 Å². The number of halogens is 1. The van der Waals surface area contributed by atoms with Gasteiger partial charge in [-0.2, -0.15) is 0 Å². The first-order valence-corrected chi connectivity index (χ1v) is 5.52. The van der Waals surface area contributed by atoms with Gasteiger partial charge in [-0.3, -0.25) is 0 Å². The predicted octanol–water partition coefficient (Wildman–Crippen LogP) is 4.13. The second kappa shape index (κ2) is 4.11. The van der Waals surface area contributed by atoms with Gasteiger partial charge in [0, 0.05) is 11.1 Å². The van der Waals surface area contributed by atoms with Crippen LogP contribution in [0.15, 0.2) is 46.5 Å². The minimum atomic E-state index is 0.796. The summed E-state index contributed by atoms with van der Waals surface area (Å²) in [5.41, 5.74) is 1.24. The van der Waals surface area contributed by atoms with E-state index in [0.29, 0.717) is 0 Å². The molecular weight excluding hydrogens is 214 g/mol. The maximum absolute atomic E-state index is 6.05. The molecule has 0 aliphatic carbocycles. The third kappa shape index (κ3) is 2.14. The van der Waals surface area contributed by atoms with Gasteiger partial charge in [0.2, 0.25) is 0 Å². The Morgan fingerprint density at radius 2 is 2.07 bits per heavy atom. The Labute approximate surface area is 92.5 Å². The van der Waals surface area contributed by atoms with Gasteiger partial charge in [0.1, 0.15) is 0 Å². The second-order valence-electron chi connectivity index (χ2n) is 3.07. The Bertz CT molecular complexity index is 436. The molecule has 14 heavy (non-hydrogen) atoms. The van der Waals surface area contributed by atoms with Crippen LogP contribution in [-0.4, -0.2) is 4.98 Å². The van der Waals surface area contributed by atoms with Crippen LogP contribution in [0, 0.1) is 6.92 Å². The average molecular weight is 224 g/mol. The lowest BCUT2D eigenvalue weighted by molar-refractivity contribution is 1.20. The lowest BCUT2D eigenvalue weighted by atomic mass is 10.4. The van der Waals surface area contributed by atoms with Gasteiger partial charge in [0.15, 0.2) is 0 Å². The van der Waals surface area contributed by atoms with Crippen LogP contribution in [0.3, 0.4) is 0 Å². The normalized spacial score (nSPS) is 10.4. The van der Waals surface area contributed by atoms with Crippen LogP contribution in [-0.2, 0) is 0 Å². The van der Waals surface area contributed by atoms with E-state index in [4.69, 9.17) is 11.6 Å². The summed E-state index contributed by atoms with van der Waals surface area (Å²) in [5.74, 6) is 0. The highest BCUT2D eigenvalue weighted by atomic mass is 35.5. The molecule has 2 aromatic rings. The summed E-state index contributed by atoms with van der Waals surface area (Å²) in [6, 6.07) is 9.95. The van der Waals surface area contributed by atoms with Crippen LogP contribution in [0.5, 0.6) is 0 Å². The monoisotopic (exact) mass is 223 g/mol. The van der Waals surface area contributed by atoms with Gasteiger partial charge in [-0.1, -0.05) is 35.5 Å². The minimum absolute atomic E-state index is 0.796. The summed E-state index contributed by atoms with van der Waals surface area (Å²) < 4.78 is 0. The number of hydrogen-bond donors (Lipinski definition) is 1. The van der Waals surface area contributed by atoms with Crippen LogP contribution >= 0.6 is 23.4 Å². The highest BCUT2D eigenvalue weighted by Gasteiger charge is 2.02. The van der Waals surface area contributed by atoms with Crippen LogP contribution in [0.25, 0.3) is 0 Å². The largest absolute Gasteiger partial charge is 0.356 e. The molecule has 0 aliphatic rings. The predicted molar refractivity (Wildman–Crippen MR) is 61.1 cm³/mol. The molecule has 72 valence electrons. The molecule has 3 heteroatoms. The zero-order valence-electron chi connectivity index (χ0n) is 7.75. The summed E-state index contributed by atoms with van der Waals surface area (Å²) in [4.78, 5) is 4.27. The SMILES string of the molecule is Cc1c[nH]c(Sc2ccccc2Cl)c1. The fourth-order valence-electron chi connectivity index (χ4n) is 1.18. The molecule has 2 rings (SSSR count). The lowest BCUT2D eigenvalue weighted by Crippen LogP contribution is -1.73. The third-order valence-corrected chi connectivity index (χ3v) is 3.33. The van der Waals surface area contributed by atoms with Gasteiger partial charge in [-0.05, 0) is 30.7 Å². The van der Waals surface area contributed by atoms with Crippen molar-refractivity contribution in [1.29, 1.82) is 0 Å². The van der Waals surface area contributed by atoms with Crippen molar-refractivity contribution in [3.8, 4) is 0 Å². The first-order chi connectivity index (χ1) is 6.75. The summed E-state index contributed by atoms with van der Waals surface area (Å²) in [6.45, 7) is 2.06. The Kier molecular flexibility index (Phi) is 2.85. The van der Waals surface area contributed by atoms with Crippen molar-refractivity contribution in [2.75, 3.05) is 0 Å². The smallest absolute Gasteiger partial charge is 0.0773 e. The number of hydrogen-bond acceptors (Lipinski definition) is 1. The number of rotatable bonds is 2. The zero-order chi connectivity index (χ0) is 9.97. The lowest BCUT2D eigenvalue weighted by Gasteiger charge is -2.00. The quantitative estimate of drug-likeness (QED) is 0.810. The number of benzene rings is 1. The third-order valence-electron chi connectivity index (χ3n) is 1.86. The van der Waals surface area contributed by atoms with E-state index >= 15 is 0 Å². The molecule has 1 nitrogen and oxygen atoms in total. The van der Waals surface area contributed by atoms with Gasteiger partial charge in [0.05, 0.1) is 10.0 Å². The maximum Gasteiger partial charge on any atom is 0.0773 e. The fourth-order valence-corrected chi connectivity index (χ4v) is 2.34. The van der Waals surface area contributed by atoms with E-state index in [-0.39, 0.29) is 0 Å². The molecule has 1 heterocycles. The van der Waals surface area contributed by atoms with Gasteiger partial charge < -0.3 is 4.98 Å². The second-order valence-corrected chi connectivity index (χ2v) is 4.56. The molecule has 0 atom stereocenters. The molecule has 0 spiro atoms. The van der Waals surface area contributed by atoms with Crippen LogP contribution < -0.4 is 0 Å². The minimum Gasteiger partial charge on any atom is -0.356 e. The topological polar surface area (TPSA) is 15.8 Å². The Balaban J connectivity index is 2.23. The van der Waals surface area contributed by atoms with E-state index in [2.05, 4.69) is 18.0 Å². The molecule has 1 aromatic heterocycles. The number of H-pyrrole nitrogens is 1. The van der Waals surface area contributed by atoms with Crippen molar-refractivity contribution in [3.05, 3.63) is 47.1 Å². The van der Waals surface area contributed by atoms with Gasteiger partial charge in [-0.15, -0.1) is 0 Å². The summed E-state index contributed by atoms with van der Waals surface area (Å²) >= 11 is 7.69. The number of nitrogens with one attached hydrogen (secondary N) is 1. The molecular formula is C11H10ClNS. The Morgan fingerprint density at radius 1 is 1.29 bits per heavy atom. The van der Waals surface area contributed by atoms with E-state index in [1.165, 1.54) is 5.56 Å². The van der Waals surface area contributed by atoms with Crippen molar-refractivity contribution < 1.29 is 0 Å². The zero-order valence-corrected chi connectivity index (χ0v) is 9.32. The van der Waals surface area contributed by atoms with Gasteiger partial charge >= 0.3 is 0 Å².